The highest BCUT2D eigenvalue weighted by atomic mass is 79.9. The van der Waals surface area contributed by atoms with Gasteiger partial charge in [-0.1, -0.05) is 15.9 Å². The summed E-state index contributed by atoms with van der Waals surface area (Å²) in [6.07, 6.45) is -0.639. The minimum atomic E-state index is -1.56. The van der Waals surface area contributed by atoms with Gasteiger partial charge in [-0.15, -0.1) is 0 Å². The number of aliphatic carboxylic acids is 1. The van der Waals surface area contributed by atoms with Crippen LogP contribution in [0.5, 0.6) is 0 Å². The first-order valence-electron chi connectivity index (χ1n) is 10.0. The molecule has 0 aliphatic carbocycles. The molecule has 0 heterocycles. The van der Waals surface area contributed by atoms with Crippen LogP contribution in [0.1, 0.15) is 12.8 Å². The molecule has 0 saturated carbocycles. The van der Waals surface area contributed by atoms with Crippen LogP contribution in [0, 0.1) is 0 Å². The van der Waals surface area contributed by atoms with Crippen molar-refractivity contribution in [2.75, 3.05) is 91.2 Å². The van der Waals surface area contributed by atoms with Gasteiger partial charge in [-0.3, -0.25) is 9.59 Å². The van der Waals surface area contributed by atoms with E-state index in [4.69, 9.17) is 38.3 Å². The van der Waals surface area contributed by atoms with Gasteiger partial charge in [-0.05, 0) is 0 Å². The van der Waals surface area contributed by atoms with Crippen LogP contribution in [0.15, 0.2) is 0 Å². The lowest BCUT2D eigenvalue weighted by molar-refractivity contribution is -0.151. The SMILES string of the molecule is O=C(CCC(=O)C(=O)O)OCCOCCOCCOCCOCCOCCOCCBr. The van der Waals surface area contributed by atoms with Gasteiger partial charge in [-0.25, -0.2) is 4.79 Å². The van der Waals surface area contributed by atoms with E-state index in [9.17, 15) is 14.4 Å². The Morgan fingerprint density at radius 1 is 0.548 bits per heavy atom. The fraction of sp³-hybridized carbons (Fsp3) is 0.842. The van der Waals surface area contributed by atoms with Crippen LogP contribution in [-0.2, 0) is 47.5 Å². The minimum absolute atomic E-state index is 0.0270. The van der Waals surface area contributed by atoms with E-state index in [1.807, 2.05) is 0 Å². The van der Waals surface area contributed by atoms with Gasteiger partial charge in [-0.2, -0.15) is 0 Å². The third-order valence-electron chi connectivity index (χ3n) is 3.37. The number of halogens is 1. The Hall–Kier alpha value is -1.15. The number of ether oxygens (including phenoxy) is 7. The molecule has 0 unspecified atom stereocenters. The molecular weight excluding hydrogens is 484 g/mol. The van der Waals surface area contributed by atoms with E-state index < -0.39 is 17.7 Å². The van der Waals surface area contributed by atoms with Crippen LogP contribution in [0.25, 0.3) is 0 Å². The molecule has 0 radical (unpaired) electrons. The molecule has 11 nitrogen and oxygen atoms in total. The zero-order valence-corrected chi connectivity index (χ0v) is 19.3. The molecule has 0 aliphatic heterocycles. The van der Waals surface area contributed by atoms with Crippen LogP contribution < -0.4 is 0 Å². The van der Waals surface area contributed by atoms with Gasteiger partial charge in [0.2, 0.25) is 5.78 Å². The minimum Gasteiger partial charge on any atom is -0.476 e. The van der Waals surface area contributed by atoms with E-state index in [1.54, 1.807) is 0 Å². The molecule has 0 aromatic heterocycles. The van der Waals surface area contributed by atoms with E-state index in [1.165, 1.54) is 0 Å². The molecule has 0 aliphatic rings. The molecule has 12 heteroatoms. The number of carbonyl (C=O) groups is 3. The fourth-order valence-corrected chi connectivity index (χ4v) is 2.09. The first-order valence-corrected chi connectivity index (χ1v) is 11.1. The maximum Gasteiger partial charge on any atom is 0.372 e. The van der Waals surface area contributed by atoms with Crippen LogP contribution in [0.3, 0.4) is 0 Å². The Morgan fingerprint density at radius 3 is 1.26 bits per heavy atom. The molecule has 1 N–H and O–H groups in total. The molecule has 0 aromatic carbocycles. The monoisotopic (exact) mass is 516 g/mol. The Kier molecular flexibility index (Phi) is 22.6. The van der Waals surface area contributed by atoms with Crippen molar-refractivity contribution in [3.8, 4) is 0 Å². The Balaban J connectivity index is 3.16. The first-order chi connectivity index (χ1) is 15.1. The van der Waals surface area contributed by atoms with E-state index in [2.05, 4.69) is 15.9 Å². The summed E-state index contributed by atoms with van der Waals surface area (Å²) in [4.78, 5) is 32.4. The number of hydrogen-bond acceptors (Lipinski definition) is 10. The quantitative estimate of drug-likeness (QED) is 0.0828. The zero-order valence-electron chi connectivity index (χ0n) is 17.7. The molecular formula is C19H33BrO11. The zero-order chi connectivity index (χ0) is 23.0. The summed E-state index contributed by atoms with van der Waals surface area (Å²) in [7, 11) is 0. The van der Waals surface area contributed by atoms with E-state index in [0.29, 0.717) is 72.7 Å². The molecule has 31 heavy (non-hydrogen) atoms. The van der Waals surface area contributed by atoms with Crippen molar-refractivity contribution >= 4 is 33.7 Å². The van der Waals surface area contributed by atoms with Gasteiger partial charge in [0.1, 0.15) is 6.61 Å². The Labute approximate surface area is 190 Å². The van der Waals surface area contributed by atoms with Gasteiger partial charge in [0.05, 0.1) is 85.7 Å². The second kappa shape index (κ2) is 23.5. The lowest BCUT2D eigenvalue weighted by Gasteiger charge is -2.08. The maximum atomic E-state index is 11.3. The molecule has 0 amide bonds. The van der Waals surface area contributed by atoms with Gasteiger partial charge in [0.15, 0.2) is 0 Å². The highest BCUT2D eigenvalue weighted by Crippen LogP contribution is 1.95. The fourth-order valence-electron chi connectivity index (χ4n) is 1.87. The smallest absolute Gasteiger partial charge is 0.372 e. The highest BCUT2D eigenvalue weighted by Gasteiger charge is 2.14. The van der Waals surface area contributed by atoms with Crippen molar-refractivity contribution in [1.29, 1.82) is 0 Å². The summed E-state index contributed by atoms with van der Waals surface area (Å²) in [6.45, 7) is 5.56. The number of Topliss-reactive ketones (excluding diaryl/α,β-unsaturated/α-hetero) is 1. The number of carboxylic acids is 1. The predicted octanol–water partition coefficient (Wildman–Crippen LogP) is 0.458. The largest absolute Gasteiger partial charge is 0.476 e. The third-order valence-corrected chi connectivity index (χ3v) is 3.69. The van der Waals surface area contributed by atoms with Gasteiger partial charge in [0.25, 0.3) is 0 Å². The standard InChI is InChI=1S/C19H33BrO11/c20-3-4-25-5-6-26-7-8-27-9-10-28-11-12-29-13-14-30-15-16-31-18(22)2-1-17(21)19(23)24/h1-16H2,(H,23,24). The number of hydrogen-bond donors (Lipinski definition) is 1. The van der Waals surface area contributed by atoms with Crippen LogP contribution in [0.4, 0.5) is 0 Å². The van der Waals surface area contributed by atoms with Crippen molar-refractivity contribution in [2.24, 2.45) is 0 Å². The highest BCUT2D eigenvalue weighted by molar-refractivity contribution is 9.09. The number of carboxylic acid groups (broad SMARTS) is 1. The molecule has 0 bridgehead atoms. The van der Waals surface area contributed by atoms with Crippen molar-refractivity contribution in [3.05, 3.63) is 0 Å². The van der Waals surface area contributed by atoms with Crippen LogP contribution in [0.2, 0.25) is 0 Å². The lowest BCUT2D eigenvalue weighted by atomic mass is 10.2. The molecule has 0 atom stereocenters. The molecule has 0 saturated heterocycles. The van der Waals surface area contributed by atoms with Crippen molar-refractivity contribution in [3.63, 3.8) is 0 Å². The van der Waals surface area contributed by atoms with E-state index >= 15 is 0 Å². The summed E-state index contributed by atoms with van der Waals surface area (Å²) < 4.78 is 36.6. The van der Waals surface area contributed by atoms with Crippen LogP contribution in [-0.4, -0.2) is 114 Å². The number of alkyl halides is 1. The number of esters is 1. The number of carbonyl (C=O) groups excluding carboxylic acids is 2. The Morgan fingerprint density at radius 2 is 0.903 bits per heavy atom. The molecule has 0 spiro atoms. The average molecular weight is 517 g/mol. The first kappa shape index (κ1) is 29.9. The van der Waals surface area contributed by atoms with Gasteiger partial charge >= 0.3 is 11.9 Å². The average Bonchev–Trinajstić information content (AvgIpc) is 2.76. The molecule has 0 aromatic rings. The molecule has 182 valence electrons. The Bertz CT molecular complexity index is 462. The molecule has 0 rings (SSSR count). The second-order valence-corrected chi connectivity index (χ2v) is 6.61. The summed E-state index contributed by atoms with van der Waals surface area (Å²) >= 11 is 3.27. The van der Waals surface area contributed by atoms with E-state index in [-0.39, 0.29) is 26.1 Å². The third kappa shape index (κ3) is 23.3. The normalized spacial score (nSPS) is 10.9. The molecule has 0 fully saturated rings. The van der Waals surface area contributed by atoms with E-state index in [0.717, 1.165) is 5.33 Å². The number of rotatable bonds is 24. The summed E-state index contributed by atoms with van der Waals surface area (Å²) in [6, 6.07) is 0. The van der Waals surface area contributed by atoms with Crippen molar-refractivity contribution in [1.82, 2.24) is 0 Å². The predicted molar refractivity (Wildman–Crippen MR) is 112 cm³/mol. The van der Waals surface area contributed by atoms with Crippen LogP contribution >= 0.6 is 15.9 Å². The maximum absolute atomic E-state index is 11.3. The van der Waals surface area contributed by atoms with Crippen molar-refractivity contribution < 1.29 is 52.6 Å². The van der Waals surface area contributed by atoms with Gasteiger partial charge in [0, 0.05) is 11.8 Å². The number of ketones is 1. The van der Waals surface area contributed by atoms with Crippen molar-refractivity contribution in [2.45, 2.75) is 12.8 Å². The van der Waals surface area contributed by atoms with Gasteiger partial charge < -0.3 is 38.3 Å². The summed E-state index contributed by atoms with van der Waals surface area (Å²) in [5, 5.41) is 9.21. The lowest BCUT2D eigenvalue weighted by Crippen LogP contribution is -2.17. The summed E-state index contributed by atoms with van der Waals surface area (Å²) in [5.41, 5.74) is 0. The topological polar surface area (TPSA) is 136 Å². The summed E-state index contributed by atoms with van der Waals surface area (Å²) in [5.74, 6) is -3.22. The second-order valence-electron chi connectivity index (χ2n) is 5.81.